The predicted molar refractivity (Wildman–Crippen MR) is 99.3 cm³/mol. The second-order valence-electron chi connectivity index (χ2n) is 5.96. The predicted octanol–water partition coefficient (Wildman–Crippen LogP) is 2.73. The highest BCUT2D eigenvalue weighted by molar-refractivity contribution is 5.96. The first-order valence-corrected chi connectivity index (χ1v) is 8.80. The van der Waals surface area contributed by atoms with Crippen LogP contribution in [0, 0.1) is 0 Å². The molecule has 2 N–H and O–H groups in total. The van der Waals surface area contributed by atoms with E-state index in [9.17, 15) is 18.4 Å². The van der Waals surface area contributed by atoms with Crippen molar-refractivity contribution in [2.75, 3.05) is 11.5 Å². The van der Waals surface area contributed by atoms with Gasteiger partial charge in [0.1, 0.15) is 5.82 Å². The fraction of sp³-hybridized carbons (Fsp3) is 0.368. The van der Waals surface area contributed by atoms with Gasteiger partial charge in [-0.25, -0.2) is 18.7 Å². The molecule has 2 rings (SSSR count). The van der Waals surface area contributed by atoms with Crippen LogP contribution in [-0.2, 0) is 17.8 Å². The van der Waals surface area contributed by atoms with Gasteiger partial charge in [-0.15, -0.1) is 0 Å². The number of carbonyl (C=O) groups is 2. The maximum Gasteiger partial charge on any atom is 0.272 e. The lowest BCUT2D eigenvalue weighted by Gasteiger charge is -2.22. The van der Waals surface area contributed by atoms with E-state index in [0.29, 0.717) is 23.4 Å². The Morgan fingerprint density at radius 3 is 2.61 bits per heavy atom. The number of nitrogens with zero attached hydrogens (tertiary/aromatic N) is 3. The van der Waals surface area contributed by atoms with E-state index in [4.69, 9.17) is 10.5 Å². The molecule has 2 aromatic rings. The quantitative estimate of drug-likeness (QED) is 0.708. The molecule has 0 unspecified atom stereocenters. The first kappa shape index (κ1) is 21.2. The van der Waals surface area contributed by atoms with Gasteiger partial charge in [0.15, 0.2) is 6.61 Å². The van der Waals surface area contributed by atoms with E-state index in [0.717, 1.165) is 0 Å². The zero-order chi connectivity index (χ0) is 20.7. The van der Waals surface area contributed by atoms with Gasteiger partial charge in [-0.05, 0) is 30.2 Å². The standard InChI is InChI=1S/C19H22F2N4O3/c1-3-13-7-12(9-24-19(13)28-11-15(20)21)10-25(17(26)4-2)16-8-14(18(22)27)5-6-23-16/h5-9,15H,3-4,10-11H2,1-2H3,(H2,22,27). The van der Waals surface area contributed by atoms with Crippen LogP contribution in [-0.4, -0.2) is 34.8 Å². The van der Waals surface area contributed by atoms with E-state index in [1.54, 1.807) is 13.0 Å². The van der Waals surface area contributed by atoms with Crippen LogP contribution in [0.3, 0.4) is 0 Å². The highest BCUT2D eigenvalue weighted by Crippen LogP contribution is 2.22. The Hall–Kier alpha value is -3.10. The molecule has 0 atom stereocenters. The number of amides is 2. The molecule has 7 nitrogen and oxygen atoms in total. The molecule has 150 valence electrons. The van der Waals surface area contributed by atoms with Gasteiger partial charge >= 0.3 is 0 Å². The third-order valence-electron chi connectivity index (χ3n) is 3.96. The van der Waals surface area contributed by atoms with Crippen molar-refractivity contribution in [2.24, 2.45) is 5.73 Å². The van der Waals surface area contributed by atoms with E-state index in [-0.39, 0.29) is 30.3 Å². The first-order valence-electron chi connectivity index (χ1n) is 8.80. The summed E-state index contributed by atoms with van der Waals surface area (Å²) in [5, 5.41) is 0. The maximum atomic E-state index is 12.4. The van der Waals surface area contributed by atoms with Crippen molar-refractivity contribution in [3.8, 4) is 5.88 Å². The second-order valence-corrected chi connectivity index (χ2v) is 5.96. The van der Waals surface area contributed by atoms with Crippen molar-refractivity contribution >= 4 is 17.6 Å². The zero-order valence-corrected chi connectivity index (χ0v) is 15.7. The number of hydrogen-bond donors (Lipinski definition) is 1. The van der Waals surface area contributed by atoms with Crippen molar-refractivity contribution in [2.45, 2.75) is 39.7 Å². The summed E-state index contributed by atoms with van der Waals surface area (Å²) in [5.41, 5.74) is 6.87. The van der Waals surface area contributed by atoms with Gasteiger partial charge < -0.3 is 10.5 Å². The fourth-order valence-electron chi connectivity index (χ4n) is 2.55. The topological polar surface area (TPSA) is 98.4 Å². The molecule has 2 heterocycles. The molecule has 0 aliphatic carbocycles. The van der Waals surface area contributed by atoms with Crippen molar-refractivity contribution in [3.05, 3.63) is 47.3 Å². The Bertz CT molecular complexity index is 846. The smallest absolute Gasteiger partial charge is 0.272 e. The minimum atomic E-state index is -2.59. The molecule has 0 aromatic carbocycles. The van der Waals surface area contributed by atoms with E-state index in [1.165, 1.54) is 29.4 Å². The van der Waals surface area contributed by atoms with E-state index < -0.39 is 18.9 Å². The number of aryl methyl sites for hydroxylation is 1. The Labute approximate surface area is 161 Å². The largest absolute Gasteiger partial charge is 0.471 e. The zero-order valence-electron chi connectivity index (χ0n) is 15.7. The van der Waals surface area contributed by atoms with Crippen LogP contribution < -0.4 is 15.4 Å². The normalized spacial score (nSPS) is 10.8. The van der Waals surface area contributed by atoms with Gasteiger partial charge in [0.2, 0.25) is 17.7 Å². The minimum Gasteiger partial charge on any atom is -0.471 e. The summed E-state index contributed by atoms with van der Waals surface area (Å²) in [6.07, 6.45) is 1.03. The SMILES string of the molecule is CCC(=O)N(Cc1cnc(OCC(F)F)c(CC)c1)c1cc(C(N)=O)ccn1. The van der Waals surface area contributed by atoms with Crippen molar-refractivity contribution in [1.29, 1.82) is 0 Å². The number of halogens is 2. The van der Waals surface area contributed by atoms with Crippen LogP contribution in [0.4, 0.5) is 14.6 Å². The van der Waals surface area contributed by atoms with Crippen LogP contribution in [0.2, 0.25) is 0 Å². The molecule has 0 fully saturated rings. The number of carbonyl (C=O) groups excluding carboxylic acids is 2. The molecular weight excluding hydrogens is 370 g/mol. The third kappa shape index (κ3) is 5.45. The maximum absolute atomic E-state index is 12.4. The molecule has 0 aliphatic heterocycles. The van der Waals surface area contributed by atoms with Crippen LogP contribution in [0.25, 0.3) is 0 Å². The Morgan fingerprint density at radius 1 is 1.25 bits per heavy atom. The van der Waals surface area contributed by atoms with Gasteiger partial charge in [-0.1, -0.05) is 13.8 Å². The summed E-state index contributed by atoms with van der Waals surface area (Å²) in [7, 11) is 0. The van der Waals surface area contributed by atoms with E-state index in [1.807, 2.05) is 6.92 Å². The molecule has 28 heavy (non-hydrogen) atoms. The number of rotatable bonds is 9. The average Bonchev–Trinajstić information content (AvgIpc) is 2.70. The van der Waals surface area contributed by atoms with Gasteiger partial charge in [0.05, 0.1) is 6.54 Å². The summed E-state index contributed by atoms with van der Waals surface area (Å²) in [6.45, 7) is 2.98. The molecule has 0 saturated carbocycles. The first-order chi connectivity index (χ1) is 13.3. The van der Waals surface area contributed by atoms with Crippen LogP contribution in [0.1, 0.15) is 41.8 Å². The van der Waals surface area contributed by atoms with Crippen LogP contribution in [0.15, 0.2) is 30.6 Å². The number of alkyl halides is 2. The average molecular weight is 392 g/mol. The third-order valence-corrected chi connectivity index (χ3v) is 3.96. The molecule has 0 radical (unpaired) electrons. The number of ether oxygens (including phenoxy) is 1. The number of hydrogen-bond acceptors (Lipinski definition) is 5. The Balaban J connectivity index is 2.31. The minimum absolute atomic E-state index is 0.147. The number of primary amides is 1. The van der Waals surface area contributed by atoms with Crippen molar-refractivity contribution in [1.82, 2.24) is 9.97 Å². The summed E-state index contributed by atoms with van der Waals surface area (Å²) in [6, 6.07) is 4.66. The molecular formula is C19H22F2N4O3. The molecule has 9 heteroatoms. The van der Waals surface area contributed by atoms with Gasteiger partial charge in [0.25, 0.3) is 6.43 Å². The van der Waals surface area contributed by atoms with Crippen LogP contribution >= 0.6 is 0 Å². The lowest BCUT2D eigenvalue weighted by Crippen LogP contribution is -2.31. The number of anilines is 1. The lowest BCUT2D eigenvalue weighted by molar-refractivity contribution is -0.118. The van der Waals surface area contributed by atoms with Crippen molar-refractivity contribution < 1.29 is 23.1 Å². The van der Waals surface area contributed by atoms with Gasteiger partial charge in [-0.3, -0.25) is 14.5 Å². The van der Waals surface area contributed by atoms with Crippen LogP contribution in [0.5, 0.6) is 5.88 Å². The summed E-state index contributed by atoms with van der Waals surface area (Å²) in [5.74, 6) is -0.388. The lowest BCUT2D eigenvalue weighted by atomic mass is 10.1. The van der Waals surface area contributed by atoms with Gasteiger partial charge in [-0.2, -0.15) is 0 Å². The van der Waals surface area contributed by atoms with Crippen molar-refractivity contribution in [3.63, 3.8) is 0 Å². The second kappa shape index (κ2) is 9.72. The molecule has 0 spiro atoms. The Kier molecular flexibility index (Phi) is 7.36. The summed E-state index contributed by atoms with van der Waals surface area (Å²) in [4.78, 5) is 33.6. The molecule has 0 bridgehead atoms. The number of aromatic nitrogens is 2. The highest BCUT2D eigenvalue weighted by Gasteiger charge is 2.18. The highest BCUT2D eigenvalue weighted by atomic mass is 19.3. The molecule has 2 aromatic heterocycles. The van der Waals surface area contributed by atoms with E-state index in [2.05, 4.69) is 9.97 Å². The molecule has 2 amide bonds. The fourth-order valence-corrected chi connectivity index (χ4v) is 2.55. The monoisotopic (exact) mass is 392 g/mol. The van der Waals surface area contributed by atoms with Gasteiger partial charge in [0, 0.05) is 29.9 Å². The summed E-state index contributed by atoms with van der Waals surface area (Å²) >= 11 is 0. The summed E-state index contributed by atoms with van der Waals surface area (Å²) < 4.78 is 29.8. The number of nitrogens with two attached hydrogens (primary N) is 1. The Morgan fingerprint density at radius 2 is 2.00 bits per heavy atom. The molecule has 0 saturated heterocycles. The number of pyridine rings is 2. The van der Waals surface area contributed by atoms with E-state index >= 15 is 0 Å². The molecule has 0 aliphatic rings.